The second-order valence-electron chi connectivity index (χ2n) is 4.58. The van der Waals surface area contributed by atoms with Crippen LogP contribution in [-0.4, -0.2) is 42.2 Å². The third-order valence-electron chi connectivity index (χ3n) is 2.76. The Hall–Kier alpha value is -0.910. The highest BCUT2D eigenvalue weighted by atomic mass is 16.6. The molecule has 2 rings (SSSR count). The molecule has 1 saturated heterocycles. The van der Waals surface area contributed by atoms with E-state index in [0.717, 1.165) is 25.4 Å². The van der Waals surface area contributed by atoms with E-state index in [1.807, 2.05) is 16.9 Å². The summed E-state index contributed by atoms with van der Waals surface area (Å²) in [5.41, 5.74) is 1.07. The fourth-order valence-corrected chi connectivity index (χ4v) is 1.77. The van der Waals surface area contributed by atoms with E-state index in [0.29, 0.717) is 19.3 Å². The number of hydrogen-bond donors (Lipinski definition) is 1. The van der Waals surface area contributed by atoms with Crippen LogP contribution in [0.1, 0.15) is 25.6 Å². The van der Waals surface area contributed by atoms with Crippen molar-refractivity contribution in [3.63, 3.8) is 0 Å². The van der Waals surface area contributed by atoms with Crippen LogP contribution in [0.25, 0.3) is 0 Å². The van der Waals surface area contributed by atoms with Crippen molar-refractivity contribution in [2.45, 2.75) is 32.5 Å². The van der Waals surface area contributed by atoms with Crippen molar-refractivity contribution in [1.82, 2.24) is 15.1 Å². The second kappa shape index (κ2) is 6.14. The highest BCUT2D eigenvalue weighted by molar-refractivity contribution is 4.99. The van der Waals surface area contributed by atoms with Gasteiger partial charge in [-0.25, -0.2) is 0 Å². The quantitative estimate of drug-likeness (QED) is 0.831. The monoisotopic (exact) mass is 239 g/mol. The molecule has 5 heteroatoms. The number of ether oxygens (including phenoxy) is 2. The van der Waals surface area contributed by atoms with Gasteiger partial charge in [-0.15, -0.1) is 0 Å². The van der Waals surface area contributed by atoms with Crippen molar-refractivity contribution >= 4 is 0 Å². The van der Waals surface area contributed by atoms with Crippen molar-refractivity contribution < 1.29 is 9.47 Å². The molecule has 1 aliphatic rings. The molecule has 17 heavy (non-hydrogen) atoms. The summed E-state index contributed by atoms with van der Waals surface area (Å²) in [6.07, 6.45) is 2.19. The standard InChI is InChI=1S/C12H21N3O2/c1-10(2)15-4-3-11(14-15)7-13-8-12-9-16-5-6-17-12/h3-4,10,12-13H,5-9H2,1-2H3. The molecular formula is C12H21N3O2. The first-order valence-electron chi connectivity index (χ1n) is 6.20. The van der Waals surface area contributed by atoms with E-state index in [1.54, 1.807) is 0 Å². The van der Waals surface area contributed by atoms with Crippen LogP contribution in [0.5, 0.6) is 0 Å². The largest absolute Gasteiger partial charge is 0.376 e. The minimum absolute atomic E-state index is 0.177. The molecule has 0 aromatic carbocycles. The Kier molecular flexibility index (Phi) is 4.53. The predicted octanol–water partition coefficient (Wildman–Crippen LogP) is 0.969. The van der Waals surface area contributed by atoms with Crippen molar-refractivity contribution in [2.75, 3.05) is 26.4 Å². The van der Waals surface area contributed by atoms with Gasteiger partial charge in [-0.2, -0.15) is 5.10 Å². The van der Waals surface area contributed by atoms with Crippen molar-refractivity contribution in [1.29, 1.82) is 0 Å². The van der Waals surface area contributed by atoms with Gasteiger partial charge < -0.3 is 14.8 Å². The average Bonchev–Trinajstić information content (AvgIpc) is 2.79. The summed E-state index contributed by atoms with van der Waals surface area (Å²) in [5.74, 6) is 0. The van der Waals surface area contributed by atoms with Crippen LogP contribution >= 0.6 is 0 Å². The highest BCUT2D eigenvalue weighted by Crippen LogP contribution is 2.04. The van der Waals surface area contributed by atoms with Gasteiger partial charge in [-0.05, 0) is 19.9 Å². The number of hydrogen-bond acceptors (Lipinski definition) is 4. The van der Waals surface area contributed by atoms with Crippen molar-refractivity contribution in [3.8, 4) is 0 Å². The summed E-state index contributed by atoms with van der Waals surface area (Å²) in [5, 5.41) is 7.82. The predicted molar refractivity (Wildman–Crippen MR) is 64.9 cm³/mol. The lowest BCUT2D eigenvalue weighted by atomic mass is 10.3. The Labute approximate surface area is 102 Å². The zero-order chi connectivity index (χ0) is 12.1. The molecule has 1 fully saturated rings. The van der Waals surface area contributed by atoms with E-state index in [9.17, 15) is 0 Å². The molecular weight excluding hydrogens is 218 g/mol. The topological polar surface area (TPSA) is 48.3 Å². The molecule has 0 amide bonds. The number of aromatic nitrogens is 2. The van der Waals surface area contributed by atoms with Crippen LogP contribution in [-0.2, 0) is 16.0 Å². The minimum Gasteiger partial charge on any atom is -0.376 e. The summed E-state index contributed by atoms with van der Waals surface area (Å²) in [4.78, 5) is 0. The SMILES string of the molecule is CC(C)n1ccc(CNCC2COCCO2)n1. The molecule has 96 valence electrons. The van der Waals surface area contributed by atoms with E-state index in [4.69, 9.17) is 9.47 Å². The van der Waals surface area contributed by atoms with Gasteiger partial charge in [-0.3, -0.25) is 4.68 Å². The Morgan fingerprint density at radius 3 is 3.06 bits per heavy atom. The first-order chi connectivity index (χ1) is 8.25. The molecule has 1 unspecified atom stereocenters. The molecule has 1 aromatic heterocycles. The summed E-state index contributed by atoms with van der Waals surface area (Å²) < 4.78 is 12.9. The maximum absolute atomic E-state index is 5.55. The van der Waals surface area contributed by atoms with Gasteiger partial charge in [0.15, 0.2) is 0 Å². The zero-order valence-corrected chi connectivity index (χ0v) is 10.6. The van der Waals surface area contributed by atoms with Crippen LogP contribution < -0.4 is 5.32 Å². The Morgan fingerprint density at radius 2 is 2.41 bits per heavy atom. The molecule has 0 bridgehead atoms. The van der Waals surface area contributed by atoms with E-state index >= 15 is 0 Å². The summed E-state index contributed by atoms with van der Waals surface area (Å²) in [6.45, 7) is 7.94. The number of nitrogens with one attached hydrogen (secondary N) is 1. The van der Waals surface area contributed by atoms with Gasteiger partial charge in [-0.1, -0.05) is 0 Å². The summed E-state index contributed by atoms with van der Waals surface area (Å²) >= 11 is 0. The lowest BCUT2D eigenvalue weighted by Crippen LogP contribution is -2.37. The van der Waals surface area contributed by atoms with E-state index in [2.05, 4.69) is 24.3 Å². The van der Waals surface area contributed by atoms with E-state index in [-0.39, 0.29) is 6.10 Å². The van der Waals surface area contributed by atoms with Crippen molar-refractivity contribution in [3.05, 3.63) is 18.0 Å². The smallest absolute Gasteiger partial charge is 0.0933 e. The molecule has 1 aromatic rings. The zero-order valence-electron chi connectivity index (χ0n) is 10.6. The van der Waals surface area contributed by atoms with Crippen LogP contribution in [0.2, 0.25) is 0 Å². The van der Waals surface area contributed by atoms with E-state index < -0.39 is 0 Å². The van der Waals surface area contributed by atoms with Crippen molar-refractivity contribution in [2.24, 2.45) is 0 Å². The lowest BCUT2D eigenvalue weighted by Gasteiger charge is -2.22. The van der Waals surface area contributed by atoms with Gasteiger partial charge in [0.25, 0.3) is 0 Å². The molecule has 0 spiro atoms. The summed E-state index contributed by atoms with van der Waals surface area (Å²) in [7, 11) is 0. The number of rotatable bonds is 5. The molecule has 1 atom stereocenters. The average molecular weight is 239 g/mol. The molecule has 0 radical (unpaired) electrons. The molecule has 5 nitrogen and oxygen atoms in total. The van der Waals surface area contributed by atoms with Gasteiger partial charge in [0.05, 0.1) is 31.6 Å². The van der Waals surface area contributed by atoms with Crippen LogP contribution in [0.3, 0.4) is 0 Å². The third-order valence-corrected chi connectivity index (χ3v) is 2.76. The maximum atomic E-state index is 5.55. The van der Waals surface area contributed by atoms with Gasteiger partial charge >= 0.3 is 0 Å². The molecule has 0 aliphatic carbocycles. The minimum atomic E-state index is 0.177. The van der Waals surface area contributed by atoms with Gasteiger partial charge in [0.1, 0.15) is 0 Å². The van der Waals surface area contributed by atoms with E-state index in [1.165, 1.54) is 0 Å². The van der Waals surface area contributed by atoms with Crippen LogP contribution in [0.4, 0.5) is 0 Å². The first-order valence-corrected chi connectivity index (χ1v) is 6.20. The molecule has 1 N–H and O–H groups in total. The third kappa shape index (κ3) is 3.80. The molecule has 2 heterocycles. The molecule has 1 aliphatic heterocycles. The Morgan fingerprint density at radius 1 is 1.53 bits per heavy atom. The second-order valence-corrected chi connectivity index (χ2v) is 4.58. The van der Waals surface area contributed by atoms with Crippen LogP contribution in [0.15, 0.2) is 12.3 Å². The van der Waals surface area contributed by atoms with Gasteiger partial charge in [0, 0.05) is 25.3 Å². The fraction of sp³-hybridized carbons (Fsp3) is 0.750. The van der Waals surface area contributed by atoms with Crippen LogP contribution in [0, 0.1) is 0 Å². The Bertz CT molecular complexity index is 332. The Balaban J connectivity index is 1.70. The van der Waals surface area contributed by atoms with Gasteiger partial charge in [0.2, 0.25) is 0 Å². The normalized spacial score (nSPS) is 21.0. The molecule has 0 saturated carbocycles. The highest BCUT2D eigenvalue weighted by Gasteiger charge is 2.13. The first kappa shape index (κ1) is 12.5. The number of nitrogens with zero attached hydrogens (tertiary/aromatic N) is 2. The fourth-order valence-electron chi connectivity index (χ4n) is 1.77. The lowest BCUT2D eigenvalue weighted by molar-refractivity contribution is -0.0864. The maximum Gasteiger partial charge on any atom is 0.0933 e. The summed E-state index contributed by atoms with van der Waals surface area (Å²) in [6, 6.07) is 2.46.